The monoisotopic (exact) mass is 431 g/mol. The fourth-order valence-corrected chi connectivity index (χ4v) is 3.66. The molecule has 3 aromatic rings. The van der Waals surface area contributed by atoms with Crippen LogP contribution in [0.25, 0.3) is 5.69 Å². The van der Waals surface area contributed by atoms with Crippen molar-refractivity contribution in [2.24, 2.45) is 0 Å². The molecule has 6 heteroatoms. The van der Waals surface area contributed by atoms with Gasteiger partial charge in [-0.15, -0.1) is 0 Å². The Balaban J connectivity index is 1.22. The first-order valence-corrected chi connectivity index (χ1v) is 11.0. The minimum Gasteiger partial charge on any atom is -0.484 e. The summed E-state index contributed by atoms with van der Waals surface area (Å²) in [5, 5.41) is 5.87. The van der Waals surface area contributed by atoms with E-state index < -0.39 is 0 Å². The molecule has 0 spiro atoms. The second kappa shape index (κ2) is 9.73. The number of nitrogens with one attached hydrogen (secondary N) is 2. The Labute approximate surface area is 188 Å². The molecule has 1 aliphatic carbocycles. The van der Waals surface area contributed by atoms with Gasteiger partial charge in [0.15, 0.2) is 6.61 Å². The maximum atomic E-state index is 12.5. The van der Waals surface area contributed by atoms with Crippen molar-refractivity contribution in [2.45, 2.75) is 39.2 Å². The van der Waals surface area contributed by atoms with E-state index in [0.29, 0.717) is 30.3 Å². The SMILES string of the molecule is Cc1ccc(C)n1-c1ccc(C(=O)NCCc2ccc(OCC(=O)NC3CC3)cc2)cc1. The Bertz CT molecular complexity index is 1060. The zero-order chi connectivity index (χ0) is 22.5. The summed E-state index contributed by atoms with van der Waals surface area (Å²) in [6, 6.07) is 19.8. The third-order valence-corrected chi connectivity index (χ3v) is 5.59. The number of nitrogens with zero attached hydrogens (tertiary/aromatic N) is 1. The lowest BCUT2D eigenvalue weighted by Crippen LogP contribution is -2.30. The Morgan fingerprint density at radius 1 is 0.938 bits per heavy atom. The van der Waals surface area contributed by atoms with Crippen LogP contribution < -0.4 is 15.4 Å². The van der Waals surface area contributed by atoms with Crippen molar-refractivity contribution >= 4 is 11.8 Å². The molecule has 1 saturated carbocycles. The Kier molecular flexibility index (Phi) is 6.59. The average molecular weight is 432 g/mol. The van der Waals surface area contributed by atoms with Crippen LogP contribution in [0, 0.1) is 13.8 Å². The zero-order valence-corrected chi connectivity index (χ0v) is 18.6. The van der Waals surface area contributed by atoms with Crippen molar-refractivity contribution in [3.05, 3.63) is 83.2 Å². The molecule has 2 amide bonds. The molecule has 166 valence electrons. The minimum absolute atomic E-state index is 0.0359. The van der Waals surface area contributed by atoms with Crippen LogP contribution in [0.5, 0.6) is 5.75 Å². The smallest absolute Gasteiger partial charge is 0.258 e. The first kappa shape index (κ1) is 21.7. The van der Waals surface area contributed by atoms with Crippen molar-refractivity contribution in [3.63, 3.8) is 0 Å². The second-order valence-electron chi connectivity index (χ2n) is 8.28. The highest BCUT2D eigenvalue weighted by Gasteiger charge is 2.23. The molecule has 0 atom stereocenters. The maximum absolute atomic E-state index is 12.5. The van der Waals surface area contributed by atoms with Crippen LogP contribution in [0.1, 0.15) is 40.2 Å². The van der Waals surface area contributed by atoms with Crippen molar-refractivity contribution in [1.29, 1.82) is 0 Å². The summed E-state index contributed by atoms with van der Waals surface area (Å²) in [4.78, 5) is 24.2. The molecule has 32 heavy (non-hydrogen) atoms. The molecule has 4 rings (SSSR count). The average Bonchev–Trinajstić information content (AvgIpc) is 3.55. The number of rotatable bonds is 9. The highest BCUT2D eigenvalue weighted by atomic mass is 16.5. The standard InChI is InChI=1S/C26H29N3O3/c1-18-3-4-19(2)29(18)23-11-7-21(8-12-23)26(31)27-16-15-20-5-13-24(14-6-20)32-17-25(30)28-22-9-10-22/h3-8,11-14,22H,9-10,15-17H2,1-2H3,(H,27,31)(H,28,30). The van der Waals surface area contributed by atoms with E-state index in [1.165, 1.54) is 0 Å². The molecule has 0 bridgehead atoms. The highest BCUT2D eigenvalue weighted by Crippen LogP contribution is 2.19. The van der Waals surface area contributed by atoms with Crippen LogP contribution in [0.15, 0.2) is 60.7 Å². The molecule has 1 heterocycles. The molecule has 2 N–H and O–H groups in total. The van der Waals surface area contributed by atoms with Crippen LogP contribution in [-0.4, -0.2) is 35.6 Å². The Morgan fingerprint density at radius 3 is 2.22 bits per heavy atom. The van der Waals surface area contributed by atoms with Crippen LogP contribution in [0.3, 0.4) is 0 Å². The predicted molar refractivity (Wildman–Crippen MR) is 124 cm³/mol. The Hall–Kier alpha value is -3.54. The van der Waals surface area contributed by atoms with E-state index in [9.17, 15) is 9.59 Å². The quantitative estimate of drug-likeness (QED) is 0.542. The molecular formula is C26H29N3O3. The first-order chi connectivity index (χ1) is 15.5. The van der Waals surface area contributed by atoms with E-state index in [4.69, 9.17) is 4.74 Å². The van der Waals surface area contributed by atoms with Crippen LogP contribution >= 0.6 is 0 Å². The molecule has 1 aliphatic rings. The number of hydrogen-bond donors (Lipinski definition) is 2. The summed E-state index contributed by atoms with van der Waals surface area (Å²) in [5.41, 5.74) is 5.11. The van der Waals surface area contributed by atoms with Crippen molar-refractivity contribution < 1.29 is 14.3 Å². The summed E-state index contributed by atoms with van der Waals surface area (Å²) < 4.78 is 7.68. The number of amides is 2. The predicted octanol–water partition coefficient (Wildman–Crippen LogP) is 3.72. The molecule has 0 unspecified atom stereocenters. The molecule has 2 aromatic carbocycles. The lowest BCUT2D eigenvalue weighted by molar-refractivity contribution is -0.123. The summed E-state index contributed by atoms with van der Waals surface area (Å²) in [5.74, 6) is 0.502. The highest BCUT2D eigenvalue weighted by molar-refractivity contribution is 5.94. The number of hydrogen-bond acceptors (Lipinski definition) is 3. The molecule has 1 fully saturated rings. The van der Waals surface area contributed by atoms with Crippen molar-refractivity contribution in [1.82, 2.24) is 15.2 Å². The van der Waals surface area contributed by atoms with E-state index in [-0.39, 0.29) is 18.4 Å². The van der Waals surface area contributed by atoms with Gasteiger partial charge < -0.3 is 19.9 Å². The number of benzene rings is 2. The van der Waals surface area contributed by atoms with Crippen LogP contribution in [0.4, 0.5) is 0 Å². The van der Waals surface area contributed by atoms with E-state index in [2.05, 4.69) is 41.2 Å². The lowest BCUT2D eigenvalue weighted by Gasteiger charge is -2.11. The van der Waals surface area contributed by atoms with Gasteiger partial charge in [0.2, 0.25) is 0 Å². The third kappa shape index (κ3) is 5.58. The van der Waals surface area contributed by atoms with Gasteiger partial charge in [-0.3, -0.25) is 9.59 Å². The van der Waals surface area contributed by atoms with Gasteiger partial charge in [0.25, 0.3) is 11.8 Å². The van der Waals surface area contributed by atoms with Gasteiger partial charge in [0.05, 0.1) is 0 Å². The van der Waals surface area contributed by atoms with Gasteiger partial charge in [-0.2, -0.15) is 0 Å². The molecule has 1 aromatic heterocycles. The van der Waals surface area contributed by atoms with Crippen molar-refractivity contribution in [2.75, 3.05) is 13.2 Å². The maximum Gasteiger partial charge on any atom is 0.258 e. The van der Waals surface area contributed by atoms with E-state index >= 15 is 0 Å². The largest absolute Gasteiger partial charge is 0.484 e. The van der Waals surface area contributed by atoms with Gasteiger partial charge in [0, 0.05) is 35.2 Å². The normalized spacial score (nSPS) is 12.9. The first-order valence-electron chi connectivity index (χ1n) is 11.0. The summed E-state index contributed by atoms with van der Waals surface area (Å²) in [6.45, 7) is 4.71. The fourth-order valence-electron chi connectivity index (χ4n) is 3.66. The molecule has 0 radical (unpaired) electrons. The van der Waals surface area contributed by atoms with Crippen LogP contribution in [-0.2, 0) is 11.2 Å². The molecule has 6 nitrogen and oxygen atoms in total. The summed E-state index contributed by atoms with van der Waals surface area (Å²) in [7, 11) is 0. The third-order valence-electron chi connectivity index (χ3n) is 5.59. The minimum atomic E-state index is -0.0841. The lowest BCUT2D eigenvalue weighted by atomic mass is 10.1. The number of aromatic nitrogens is 1. The van der Waals surface area contributed by atoms with Gasteiger partial charge >= 0.3 is 0 Å². The van der Waals surface area contributed by atoms with Gasteiger partial charge in [-0.05, 0) is 87.2 Å². The number of aryl methyl sites for hydroxylation is 2. The topological polar surface area (TPSA) is 72.4 Å². The van der Waals surface area contributed by atoms with E-state index in [1.807, 2.05) is 48.5 Å². The molecular weight excluding hydrogens is 402 g/mol. The van der Waals surface area contributed by atoms with E-state index in [1.54, 1.807) is 0 Å². The van der Waals surface area contributed by atoms with Gasteiger partial charge in [-0.1, -0.05) is 12.1 Å². The molecule has 0 saturated heterocycles. The van der Waals surface area contributed by atoms with Gasteiger partial charge in [-0.25, -0.2) is 0 Å². The number of ether oxygens (including phenoxy) is 1. The second-order valence-corrected chi connectivity index (χ2v) is 8.28. The molecule has 0 aliphatic heterocycles. The fraction of sp³-hybridized carbons (Fsp3) is 0.308. The number of carbonyl (C=O) groups excluding carboxylic acids is 2. The van der Waals surface area contributed by atoms with Gasteiger partial charge in [0.1, 0.15) is 5.75 Å². The zero-order valence-electron chi connectivity index (χ0n) is 18.6. The van der Waals surface area contributed by atoms with E-state index in [0.717, 1.165) is 35.5 Å². The van der Waals surface area contributed by atoms with Crippen LogP contribution in [0.2, 0.25) is 0 Å². The Morgan fingerprint density at radius 2 is 1.59 bits per heavy atom. The summed E-state index contributed by atoms with van der Waals surface area (Å²) in [6.07, 6.45) is 2.85. The van der Waals surface area contributed by atoms with Crippen molar-refractivity contribution in [3.8, 4) is 11.4 Å². The number of carbonyl (C=O) groups is 2. The summed E-state index contributed by atoms with van der Waals surface area (Å²) >= 11 is 0.